The molecule has 92 valence electrons. The molecule has 1 amide bonds. The lowest BCUT2D eigenvalue weighted by molar-refractivity contribution is 0.101. The van der Waals surface area contributed by atoms with E-state index >= 15 is 0 Å². The molecule has 18 heavy (non-hydrogen) atoms. The van der Waals surface area contributed by atoms with Gasteiger partial charge in [0, 0.05) is 11.3 Å². The number of carbonyl (C=O) groups excluding carboxylic acids is 2. The molecule has 0 spiro atoms. The molecule has 1 aromatic carbocycles. The molecule has 5 heteroatoms. The van der Waals surface area contributed by atoms with Crippen molar-refractivity contribution < 1.29 is 14.0 Å². The Kier molecular flexibility index (Phi) is 3.48. The number of hydrogen-bond acceptors (Lipinski definition) is 3. The van der Waals surface area contributed by atoms with Gasteiger partial charge in [-0.2, -0.15) is 0 Å². The van der Waals surface area contributed by atoms with Crippen LogP contribution in [0.15, 0.2) is 41.0 Å². The lowest BCUT2D eigenvalue weighted by Gasteiger charge is -2.04. The fourth-order valence-electron chi connectivity index (χ4n) is 1.44. The van der Waals surface area contributed by atoms with Crippen LogP contribution in [0.5, 0.6) is 0 Å². The number of furan rings is 1. The molecule has 0 aliphatic carbocycles. The van der Waals surface area contributed by atoms with Gasteiger partial charge in [-0.05, 0) is 48.9 Å². The zero-order chi connectivity index (χ0) is 13.1. The number of nitrogens with one attached hydrogen (secondary N) is 1. The summed E-state index contributed by atoms with van der Waals surface area (Å²) in [5.74, 6) is -0.380. The van der Waals surface area contributed by atoms with Gasteiger partial charge in [-0.15, -0.1) is 0 Å². The van der Waals surface area contributed by atoms with Crippen LogP contribution in [0.2, 0.25) is 5.22 Å². The van der Waals surface area contributed by atoms with Crippen molar-refractivity contribution in [2.24, 2.45) is 0 Å². The number of carbonyl (C=O) groups is 2. The van der Waals surface area contributed by atoms with E-state index in [1.54, 1.807) is 24.3 Å². The van der Waals surface area contributed by atoms with Gasteiger partial charge >= 0.3 is 0 Å². The molecule has 0 saturated heterocycles. The maximum absolute atomic E-state index is 11.8. The van der Waals surface area contributed by atoms with Gasteiger partial charge in [-0.3, -0.25) is 9.59 Å². The van der Waals surface area contributed by atoms with E-state index in [0.717, 1.165) is 0 Å². The number of anilines is 1. The highest BCUT2D eigenvalue weighted by Crippen LogP contribution is 2.18. The van der Waals surface area contributed by atoms with Crippen LogP contribution in [0, 0.1) is 0 Å². The normalized spacial score (nSPS) is 10.1. The number of halogens is 1. The second-order valence-electron chi connectivity index (χ2n) is 3.70. The van der Waals surface area contributed by atoms with E-state index in [9.17, 15) is 9.59 Å². The third-order valence-electron chi connectivity index (χ3n) is 2.41. The molecule has 0 unspecified atom stereocenters. The summed E-state index contributed by atoms with van der Waals surface area (Å²) in [4.78, 5) is 22.9. The number of Topliss-reactive ketones (excluding diaryl/α,β-unsaturated/α-hetero) is 1. The minimum Gasteiger partial charge on any atom is -0.452 e. The second-order valence-corrected chi connectivity index (χ2v) is 4.04. The van der Waals surface area contributed by atoms with E-state index in [1.807, 2.05) is 0 Å². The van der Waals surface area contributed by atoms with Crippen molar-refractivity contribution in [1.29, 1.82) is 0 Å². The van der Waals surface area contributed by atoms with Gasteiger partial charge in [0.25, 0.3) is 5.91 Å². The van der Waals surface area contributed by atoms with Crippen LogP contribution >= 0.6 is 11.6 Å². The molecular formula is C13H10ClNO3. The van der Waals surface area contributed by atoms with Crippen LogP contribution < -0.4 is 5.32 Å². The topological polar surface area (TPSA) is 59.3 Å². The minimum absolute atomic E-state index is 0.0224. The third kappa shape index (κ3) is 2.60. The Bertz CT molecular complexity index is 587. The van der Waals surface area contributed by atoms with Gasteiger partial charge in [0.2, 0.25) is 5.22 Å². The highest BCUT2D eigenvalue weighted by molar-refractivity contribution is 6.32. The summed E-state index contributed by atoms with van der Waals surface area (Å²) in [6, 6.07) is 8.09. The van der Waals surface area contributed by atoms with Crippen molar-refractivity contribution in [2.45, 2.75) is 6.92 Å². The molecule has 1 N–H and O–H groups in total. The van der Waals surface area contributed by atoms with Crippen molar-refractivity contribution in [3.63, 3.8) is 0 Å². The van der Waals surface area contributed by atoms with E-state index < -0.39 is 0 Å². The van der Waals surface area contributed by atoms with E-state index in [1.165, 1.54) is 19.3 Å². The summed E-state index contributed by atoms with van der Waals surface area (Å²) in [5, 5.41) is 2.71. The van der Waals surface area contributed by atoms with Crippen LogP contribution in [0.25, 0.3) is 0 Å². The summed E-state index contributed by atoms with van der Waals surface area (Å²) in [6.07, 6.45) is 1.34. The van der Waals surface area contributed by atoms with Gasteiger partial charge in [-0.1, -0.05) is 0 Å². The molecule has 0 atom stereocenters. The molecule has 0 aliphatic rings. The van der Waals surface area contributed by atoms with Gasteiger partial charge in [-0.25, -0.2) is 0 Å². The highest BCUT2D eigenvalue weighted by atomic mass is 35.5. The first-order chi connectivity index (χ1) is 8.58. The third-order valence-corrected chi connectivity index (χ3v) is 2.70. The molecular weight excluding hydrogens is 254 g/mol. The maximum Gasteiger partial charge on any atom is 0.260 e. The average molecular weight is 264 g/mol. The lowest BCUT2D eigenvalue weighted by atomic mass is 10.1. The molecule has 4 nitrogen and oxygen atoms in total. The highest BCUT2D eigenvalue weighted by Gasteiger charge is 2.13. The maximum atomic E-state index is 11.8. The smallest absolute Gasteiger partial charge is 0.260 e. The fourth-order valence-corrected chi connectivity index (χ4v) is 1.64. The summed E-state index contributed by atoms with van der Waals surface area (Å²) in [6.45, 7) is 1.48. The van der Waals surface area contributed by atoms with E-state index in [4.69, 9.17) is 16.0 Å². The first-order valence-electron chi connectivity index (χ1n) is 5.23. The van der Waals surface area contributed by atoms with Crippen molar-refractivity contribution in [3.8, 4) is 0 Å². The van der Waals surface area contributed by atoms with Crippen LogP contribution in [-0.4, -0.2) is 11.7 Å². The van der Waals surface area contributed by atoms with Gasteiger partial charge in [0.05, 0.1) is 11.8 Å². The second kappa shape index (κ2) is 5.06. The average Bonchev–Trinajstić information content (AvgIpc) is 2.76. The number of benzene rings is 1. The van der Waals surface area contributed by atoms with Crippen LogP contribution in [-0.2, 0) is 0 Å². The van der Waals surface area contributed by atoms with Crippen molar-refractivity contribution in [1.82, 2.24) is 0 Å². The molecule has 0 radical (unpaired) electrons. The Morgan fingerprint density at radius 2 is 1.83 bits per heavy atom. The van der Waals surface area contributed by atoms with E-state index in [0.29, 0.717) is 11.3 Å². The van der Waals surface area contributed by atoms with Crippen LogP contribution in [0.4, 0.5) is 5.69 Å². The molecule has 0 fully saturated rings. The molecule has 2 aromatic rings. The van der Waals surface area contributed by atoms with Crippen LogP contribution in [0.3, 0.4) is 0 Å². The summed E-state index contributed by atoms with van der Waals surface area (Å²) < 4.78 is 4.83. The number of amides is 1. The molecule has 2 rings (SSSR count). The first-order valence-corrected chi connectivity index (χ1v) is 5.61. The molecule has 1 aromatic heterocycles. The Hall–Kier alpha value is -2.07. The van der Waals surface area contributed by atoms with Crippen molar-refractivity contribution in [2.75, 3.05) is 5.32 Å². The monoisotopic (exact) mass is 263 g/mol. The number of hydrogen-bond donors (Lipinski definition) is 1. The Morgan fingerprint density at radius 1 is 1.17 bits per heavy atom. The summed E-state index contributed by atoms with van der Waals surface area (Å²) in [5.41, 5.74) is 1.45. The number of ketones is 1. The van der Waals surface area contributed by atoms with Crippen molar-refractivity contribution >= 4 is 29.0 Å². The van der Waals surface area contributed by atoms with Gasteiger partial charge in [0.15, 0.2) is 5.78 Å². The zero-order valence-electron chi connectivity index (χ0n) is 9.57. The lowest BCUT2D eigenvalue weighted by Crippen LogP contribution is -2.11. The van der Waals surface area contributed by atoms with Crippen LogP contribution in [0.1, 0.15) is 27.6 Å². The van der Waals surface area contributed by atoms with Gasteiger partial charge < -0.3 is 9.73 Å². The summed E-state index contributed by atoms with van der Waals surface area (Å²) in [7, 11) is 0. The van der Waals surface area contributed by atoms with Gasteiger partial charge in [0.1, 0.15) is 0 Å². The Labute approximate surface area is 109 Å². The minimum atomic E-state index is -0.357. The molecule has 1 heterocycles. The molecule has 0 saturated carbocycles. The largest absolute Gasteiger partial charge is 0.452 e. The molecule has 0 aliphatic heterocycles. The predicted octanol–water partition coefficient (Wildman–Crippen LogP) is 3.39. The Balaban J connectivity index is 2.13. The van der Waals surface area contributed by atoms with Crippen molar-refractivity contribution in [3.05, 3.63) is 52.9 Å². The Morgan fingerprint density at radius 3 is 2.33 bits per heavy atom. The first kappa shape index (κ1) is 12.4. The quantitative estimate of drug-likeness (QED) is 0.864. The summed E-state index contributed by atoms with van der Waals surface area (Å²) >= 11 is 5.70. The number of rotatable bonds is 3. The zero-order valence-corrected chi connectivity index (χ0v) is 10.3. The molecule has 0 bridgehead atoms. The fraction of sp³-hybridized carbons (Fsp3) is 0.0769. The van der Waals surface area contributed by atoms with E-state index in [2.05, 4.69) is 5.32 Å². The SMILES string of the molecule is CC(=O)c1ccc(NC(=O)c2ccoc2Cl)cc1. The standard InChI is InChI=1S/C13H10ClNO3/c1-8(16)9-2-4-10(5-3-9)15-13(17)11-6-7-18-12(11)14/h2-7H,1H3,(H,15,17). The van der Waals surface area contributed by atoms with E-state index in [-0.39, 0.29) is 22.5 Å². The predicted molar refractivity (Wildman–Crippen MR) is 68.1 cm³/mol.